The Morgan fingerprint density at radius 1 is 1.38 bits per heavy atom. The van der Waals surface area contributed by atoms with Crippen LogP contribution in [0, 0.1) is 9.39 Å². The summed E-state index contributed by atoms with van der Waals surface area (Å²) >= 11 is 1.97. The highest BCUT2D eigenvalue weighted by molar-refractivity contribution is 14.1. The van der Waals surface area contributed by atoms with Crippen LogP contribution in [0.15, 0.2) is 18.2 Å². The monoisotopic (exact) mass is 477 g/mol. The van der Waals surface area contributed by atoms with E-state index in [0.717, 1.165) is 0 Å². The van der Waals surface area contributed by atoms with Gasteiger partial charge in [0.05, 0.1) is 18.9 Å². The topological polar surface area (TPSA) is 118 Å². The Hall–Kier alpha value is -2.25. The van der Waals surface area contributed by atoms with E-state index in [9.17, 15) is 14.0 Å². The normalized spacial score (nSPS) is 10.5. The van der Waals surface area contributed by atoms with Crippen LogP contribution in [0.2, 0.25) is 0 Å². The Morgan fingerprint density at radius 2 is 2.12 bits per heavy atom. The predicted molar refractivity (Wildman–Crippen MR) is 99.5 cm³/mol. The minimum atomic E-state index is -0.752. The van der Waals surface area contributed by atoms with Gasteiger partial charge in [0.25, 0.3) is 11.8 Å². The lowest BCUT2D eigenvalue weighted by Gasteiger charge is -2.11. The van der Waals surface area contributed by atoms with Gasteiger partial charge in [0.2, 0.25) is 5.82 Å². The molecule has 1 aromatic heterocycles. The molecule has 0 radical (unpaired) electrons. The smallest absolute Gasteiger partial charge is 0.297 e. The zero-order chi connectivity index (χ0) is 19.3. The van der Waals surface area contributed by atoms with Crippen LogP contribution < -0.4 is 16.1 Å². The number of nitrogens with one attached hydrogen (secondary N) is 3. The number of amides is 2. The van der Waals surface area contributed by atoms with Crippen LogP contribution in [-0.2, 0) is 11.9 Å². The number of carbonyl (C=O) groups is 2. The highest BCUT2D eigenvalue weighted by Gasteiger charge is 2.25. The summed E-state index contributed by atoms with van der Waals surface area (Å²) in [4.78, 5) is 33.0. The summed E-state index contributed by atoms with van der Waals surface area (Å²) in [5.74, 6) is -1.74. The molecule has 140 valence electrons. The quantitative estimate of drug-likeness (QED) is 0.268. The number of rotatable bonds is 7. The molecule has 4 N–H and O–H groups in total. The number of hydrogen-bond donors (Lipinski definition) is 4. The van der Waals surface area contributed by atoms with Gasteiger partial charge in [-0.05, 0) is 40.8 Å². The molecule has 2 amide bonds. The first-order valence-corrected chi connectivity index (χ1v) is 8.50. The number of anilines is 2. The fourth-order valence-corrected chi connectivity index (χ4v) is 2.50. The van der Waals surface area contributed by atoms with Crippen molar-refractivity contribution in [3.63, 3.8) is 0 Å². The standard InChI is InChI=1S/C15H17FIN5O4/c1-18-15(25)13-20-11(14(24)21-26-6-5-23)12(22(13)2)19-10-4-3-8(17)7-9(10)16/h3-4,7,19,23H,5-6H2,1-2H3,(H,18,25)(H,21,24). The minimum Gasteiger partial charge on any atom is -0.394 e. The number of aromatic nitrogens is 2. The van der Waals surface area contributed by atoms with E-state index < -0.39 is 17.6 Å². The second-order valence-corrected chi connectivity index (χ2v) is 6.27. The predicted octanol–water partition coefficient (Wildman–Crippen LogP) is 0.921. The van der Waals surface area contributed by atoms with Gasteiger partial charge in [-0.3, -0.25) is 14.4 Å². The van der Waals surface area contributed by atoms with Gasteiger partial charge in [-0.1, -0.05) is 0 Å². The number of imidazole rings is 1. The number of benzene rings is 1. The van der Waals surface area contributed by atoms with Gasteiger partial charge in [-0.15, -0.1) is 0 Å². The second kappa shape index (κ2) is 8.91. The fourth-order valence-electron chi connectivity index (χ4n) is 2.04. The third-order valence-electron chi connectivity index (χ3n) is 3.28. The molecule has 26 heavy (non-hydrogen) atoms. The first-order valence-electron chi connectivity index (χ1n) is 7.42. The van der Waals surface area contributed by atoms with Crippen molar-refractivity contribution in [1.29, 1.82) is 0 Å². The number of aliphatic hydroxyl groups excluding tert-OH is 1. The van der Waals surface area contributed by atoms with Crippen molar-refractivity contribution in [1.82, 2.24) is 20.3 Å². The van der Waals surface area contributed by atoms with E-state index in [4.69, 9.17) is 9.94 Å². The van der Waals surface area contributed by atoms with Crippen molar-refractivity contribution < 1.29 is 23.9 Å². The van der Waals surface area contributed by atoms with Crippen LogP contribution in [0.1, 0.15) is 21.1 Å². The summed E-state index contributed by atoms with van der Waals surface area (Å²) in [6.45, 7) is -0.402. The summed E-state index contributed by atoms with van der Waals surface area (Å²) in [6, 6.07) is 4.52. The molecule has 2 rings (SSSR count). The largest absolute Gasteiger partial charge is 0.394 e. The SMILES string of the molecule is CNC(=O)c1nc(C(=O)NOCCO)c(Nc2ccc(I)cc2F)n1C. The number of carbonyl (C=O) groups excluding carboxylic acids is 2. The molecule has 9 nitrogen and oxygen atoms in total. The van der Waals surface area contributed by atoms with Crippen molar-refractivity contribution in [2.45, 2.75) is 0 Å². The van der Waals surface area contributed by atoms with E-state index in [1.54, 1.807) is 6.07 Å². The number of nitrogens with zero attached hydrogens (tertiary/aromatic N) is 2. The van der Waals surface area contributed by atoms with E-state index in [0.29, 0.717) is 3.57 Å². The molecule has 0 aliphatic carbocycles. The van der Waals surface area contributed by atoms with Crippen LogP contribution in [0.5, 0.6) is 0 Å². The van der Waals surface area contributed by atoms with Crippen LogP contribution >= 0.6 is 22.6 Å². The molecule has 11 heteroatoms. The molecule has 1 heterocycles. The maximum Gasteiger partial charge on any atom is 0.297 e. The molecule has 0 spiro atoms. The molecule has 0 saturated heterocycles. The summed E-state index contributed by atoms with van der Waals surface area (Å²) < 4.78 is 16.2. The molecule has 0 saturated carbocycles. The van der Waals surface area contributed by atoms with Gasteiger partial charge in [-0.2, -0.15) is 0 Å². The fraction of sp³-hybridized carbons (Fsp3) is 0.267. The van der Waals surface area contributed by atoms with Crippen molar-refractivity contribution in [3.05, 3.63) is 39.1 Å². The van der Waals surface area contributed by atoms with Gasteiger partial charge in [0.15, 0.2) is 5.69 Å². The van der Waals surface area contributed by atoms with Crippen LogP contribution in [-0.4, -0.2) is 46.7 Å². The maximum atomic E-state index is 14.2. The van der Waals surface area contributed by atoms with Crippen molar-refractivity contribution >= 4 is 45.9 Å². The molecule has 0 atom stereocenters. The van der Waals surface area contributed by atoms with E-state index >= 15 is 0 Å². The average molecular weight is 477 g/mol. The zero-order valence-corrected chi connectivity index (χ0v) is 16.1. The average Bonchev–Trinajstić information content (AvgIpc) is 2.93. The van der Waals surface area contributed by atoms with Crippen LogP contribution in [0.3, 0.4) is 0 Å². The van der Waals surface area contributed by atoms with Gasteiger partial charge in [0, 0.05) is 17.7 Å². The molecular formula is C15H17FIN5O4. The highest BCUT2D eigenvalue weighted by atomic mass is 127. The highest BCUT2D eigenvalue weighted by Crippen LogP contribution is 2.25. The molecule has 0 unspecified atom stereocenters. The van der Waals surface area contributed by atoms with Crippen LogP contribution in [0.4, 0.5) is 15.9 Å². The Balaban J connectivity index is 2.42. The summed E-state index contributed by atoms with van der Waals surface area (Å²) in [6.07, 6.45) is 0. The second-order valence-electron chi connectivity index (χ2n) is 5.02. The molecule has 0 fully saturated rings. The Kier molecular flexibility index (Phi) is 6.88. The number of hydrogen-bond acceptors (Lipinski definition) is 6. The Labute approximate surface area is 162 Å². The van der Waals surface area contributed by atoms with Crippen molar-refractivity contribution in [2.75, 3.05) is 25.6 Å². The molecule has 0 aliphatic rings. The third kappa shape index (κ3) is 4.47. The van der Waals surface area contributed by atoms with E-state index in [1.165, 1.54) is 30.8 Å². The first-order chi connectivity index (χ1) is 12.4. The van der Waals surface area contributed by atoms with Gasteiger partial charge >= 0.3 is 0 Å². The van der Waals surface area contributed by atoms with Gasteiger partial charge in [0.1, 0.15) is 11.6 Å². The summed E-state index contributed by atoms with van der Waals surface area (Å²) in [5, 5.41) is 13.9. The van der Waals surface area contributed by atoms with E-state index in [-0.39, 0.29) is 36.2 Å². The van der Waals surface area contributed by atoms with Crippen molar-refractivity contribution in [2.24, 2.45) is 7.05 Å². The first kappa shape index (κ1) is 20.1. The lowest BCUT2D eigenvalue weighted by molar-refractivity contribution is 0.0165. The van der Waals surface area contributed by atoms with Gasteiger partial charge < -0.3 is 20.3 Å². The number of hydroxylamine groups is 1. The lowest BCUT2D eigenvalue weighted by Crippen LogP contribution is -2.26. The van der Waals surface area contributed by atoms with E-state index in [2.05, 4.69) is 21.1 Å². The van der Waals surface area contributed by atoms with E-state index in [1.807, 2.05) is 22.6 Å². The van der Waals surface area contributed by atoms with Crippen molar-refractivity contribution in [3.8, 4) is 0 Å². The summed E-state index contributed by atoms with van der Waals surface area (Å²) in [5.41, 5.74) is 2.05. The molecule has 0 aliphatic heterocycles. The third-order valence-corrected chi connectivity index (χ3v) is 3.95. The van der Waals surface area contributed by atoms with Gasteiger partial charge in [-0.25, -0.2) is 14.9 Å². The number of halogens is 2. The molecule has 0 bridgehead atoms. The Bertz CT molecular complexity index is 827. The summed E-state index contributed by atoms with van der Waals surface area (Å²) in [7, 11) is 2.93. The molecular weight excluding hydrogens is 460 g/mol. The zero-order valence-electron chi connectivity index (χ0n) is 14.0. The lowest BCUT2D eigenvalue weighted by atomic mass is 10.3. The number of aliphatic hydroxyl groups is 1. The maximum absolute atomic E-state index is 14.2. The Morgan fingerprint density at radius 3 is 2.73 bits per heavy atom. The molecule has 1 aromatic carbocycles. The molecule has 2 aromatic rings. The minimum absolute atomic E-state index is 0.0479. The van der Waals surface area contributed by atoms with Crippen LogP contribution in [0.25, 0.3) is 0 Å².